The molecule has 2 aromatic rings. The van der Waals surface area contributed by atoms with Crippen molar-refractivity contribution in [3.63, 3.8) is 0 Å². The average Bonchev–Trinajstić information content (AvgIpc) is 2.75. The number of carbonyl (C=O) groups is 2. The average molecular weight is 413 g/mol. The molecule has 0 aliphatic rings. The van der Waals surface area contributed by atoms with E-state index in [1.165, 1.54) is 0 Å². The van der Waals surface area contributed by atoms with Crippen molar-refractivity contribution in [2.24, 2.45) is 0 Å². The summed E-state index contributed by atoms with van der Waals surface area (Å²) < 4.78 is 10.5. The number of carbonyl (C=O) groups excluding carboxylic acids is 2. The third-order valence-corrected chi connectivity index (χ3v) is 5.29. The summed E-state index contributed by atoms with van der Waals surface area (Å²) in [6.07, 6.45) is 0. The van der Waals surface area contributed by atoms with E-state index in [9.17, 15) is 9.59 Å². The zero-order chi connectivity index (χ0) is 22.4. The molecule has 0 radical (unpaired) electrons. The molecule has 0 aliphatic carbocycles. The fourth-order valence-electron chi connectivity index (χ4n) is 3.06. The second-order valence-electron chi connectivity index (χ2n) is 8.60. The van der Waals surface area contributed by atoms with Gasteiger partial charge < -0.3 is 20.1 Å². The topological polar surface area (TPSA) is 76.7 Å². The molecule has 0 saturated carbocycles. The third kappa shape index (κ3) is 5.99. The summed E-state index contributed by atoms with van der Waals surface area (Å²) >= 11 is 0. The lowest BCUT2D eigenvalue weighted by Gasteiger charge is -2.27. The highest BCUT2D eigenvalue weighted by atomic mass is 16.5. The summed E-state index contributed by atoms with van der Waals surface area (Å²) in [5.41, 5.74) is 1.32. The summed E-state index contributed by atoms with van der Waals surface area (Å²) in [6.45, 7) is 8.67. The fourth-order valence-corrected chi connectivity index (χ4v) is 3.06. The first-order valence-electron chi connectivity index (χ1n) is 9.94. The van der Waals surface area contributed by atoms with Crippen LogP contribution < -0.4 is 20.1 Å². The Bertz CT molecular complexity index is 817. The molecule has 6 nitrogen and oxygen atoms in total. The number of amides is 2. The molecule has 0 spiro atoms. The van der Waals surface area contributed by atoms with E-state index in [2.05, 4.69) is 10.6 Å². The molecule has 0 atom stereocenters. The van der Waals surface area contributed by atoms with Crippen LogP contribution in [0, 0.1) is 0 Å². The van der Waals surface area contributed by atoms with Gasteiger partial charge >= 0.3 is 11.8 Å². The Labute approximate surface area is 179 Å². The number of nitrogens with one attached hydrogen (secondary N) is 2. The molecule has 30 heavy (non-hydrogen) atoms. The van der Waals surface area contributed by atoms with Crippen LogP contribution in [0.5, 0.6) is 11.5 Å². The van der Waals surface area contributed by atoms with Gasteiger partial charge in [-0.1, -0.05) is 52.0 Å². The first-order chi connectivity index (χ1) is 14.1. The number of benzene rings is 2. The van der Waals surface area contributed by atoms with E-state index < -0.39 is 11.8 Å². The summed E-state index contributed by atoms with van der Waals surface area (Å²) in [4.78, 5) is 24.7. The molecule has 0 fully saturated rings. The van der Waals surface area contributed by atoms with Gasteiger partial charge in [-0.15, -0.1) is 0 Å². The zero-order valence-electron chi connectivity index (χ0n) is 18.7. The molecule has 0 saturated heterocycles. The van der Waals surface area contributed by atoms with Crippen LogP contribution >= 0.6 is 0 Å². The van der Waals surface area contributed by atoms with Crippen molar-refractivity contribution < 1.29 is 19.1 Å². The van der Waals surface area contributed by atoms with Crippen molar-refractivity contribution in [1.29, 1.82) is 0 Å². The van der Waals surface area contributed by atoms with Gasteiger partial charge in [-0.25, -0.2) is 0 Å². The number of methoxy groups -OCH3 is 2. The van der Waals surface area contributed by atoms with Crippen LogP contribution in [0.2, 0.25) is 0 Å². The Morgan fingerprint density at radius 1 is 0.733 bits per heavy atom. The minimum absolute atomic E-state index is 0.325. The highest BCUT2D eigenvalue weighted by molar-refractivity contribution is 6.35. The molecule has 162 valence electrons. The molecule has 2 amide bonds. The van der Waals surface area contributed by atoms with Gasteiger partial charge in [0.15, 0.2) is 0 Å². The van der Waals surface area contributed by atoms with Crippen molar-refractivity contribution in [2.45, 2.75) is 38.5 Å². The van der Waals surface area contributed by atoms with E-state index in [1.807, 2.05) is 76.2 Å². The van der Waals surface area contributed by atoms with Crippen molar-refractivity contribution in [3.8, 4) is 11.5 Å². The number of ether oxygens (including phenoxy) is 2. The van der Waals surface area contributed by atoms with Crippen LogP contribution in [-0.2, 0) is 20.4 Å². The number of hydrogen-bond donors (Lipinski definition) is 2. The summed E-state index contributed by atoms with van der Waals surface area (Å²) in [5, 5.41) is 5.48. The molecule has 2 N–H and O–H groups in total. The van der Waals surface area contributed by atoms with Crippen LogP contribution in [-0.4, -0.2) is 39.1 Å². The predicted molar refractivity (Wildman–Crippen MR) is 118 cm³/mol. The van der Waals surface area contributed by atoms with Gasteiger partial charge in [0.2, 0.25) is 0 Å². The van der Waals surface area contributed by atoms with Crippen molar-refractivity contribution in [2.75, 3.05) is 27.3 Å². The van der Waals surface area contributed by atoms with Gasteiger partial charge in [-0.05, 0) is 35.4 Å². The molecule has 0 aromatic heterocycles. The highest BCUT2D eigenvalue weighted by Gasteiger charge is 2.26. The quantitative estimate of drug-likeness (QED) is 0.653. The minimum Gasteiger partial charge on any atom is -0.497 e. The Morgan fingerprint density at radius 3 is 1.43 bits per heavy atom. The van der Waals surface area contributed by atoms with Gasteiger partial charge in [-0.3, -0.25) is 9.59 Å². The first-order valence-corrected chi connectivity index (χ1v) is 9.94. The maximum atomic E-state index is 12.3. The minimum atomic E-state index is -0.646. The molecule has 2 rings (SSSR count). The summed E-state index contributed by atoms with van der Waals surface area (Å²) in [7, 11) is 3.23. The lowest BCUT2D eigenvalue weighted by atomic mass is 9.84. The van der Waals surface area contributed by atoms with Crippen LogP contribution in [0.25, 0.3) is 0 Å². The summed E-state index contributed by atoms with van der Waals surface area (Å²) in [6, 6.07) is 15.4. The van der Waals surface area contributed by atoms with Gasteiger partial charge in [0.05, 0.1) is 14.2 Å². The number of rotatable bonds is 8. The lowest BCUT2D eigenvalue weighted by molar-refractivity contribution is -0.139. The predicted octanol–water partition coefficient (Wildman–Crippen LogP) is 3.19. The SMILES string of the molecule is COc1cccc(C(C)(C)CNC(=O)C(=O)NCC(C)(C)c2cccc(OC)c2)c1. The molecule has 0 unspecified atom stereocenters. The Kier molecular flexibility index (Phi) is 7.48. The maximum Gasteiger partial charge on any atom is 0.309 e. The smallest absolute Gasteiger partial charge is 0.309 e. The molecule has 0 aliphatic heterocycles. The van der Waals surface area contributed by atoms with Crippen LogP contribution in [0.1, 0.15) is 38.8 Å². The van der Waals surface area contributed by atoms with Crippen LogP contribution in [0.3, 0.4) is 0 Å². The maximum absolute atomic E-state index is 12.3. The van der Waals surface area contributed by atoms with Gasteiger partial charge in [0.25, 0.3) is 0 Å². The standard InChI is InChI=1S/C24H32N2O4/c1-23(2,17-9-7-11-19(13-17)29-5)15-25-21(27)22(28)26-16-24(3,4)18-10-8-12-20(14-18)30-6/h7-14H,15-16H2,1-6H3,(H,25,27)(H,26,28). The fraction of sp³-hybridized carbons (Fsp3) is 0.417. The van der Waals surface area contributed by atoms with E-state index in [1.54, 1.807) is 14.2 Å². The first kappa shape index (κ1) is 23.3. The lowest BCUT2D eigenvalue weighted by Crippen LogP contribution is -2.47. The van der Waals surface area contributed by atoms with Crippen molar-refractivity contribution in [3.05, 3.63) is 59.7 Å². The Balaban J connectivity index is 1.93. The van der Waals surface area contributed by atoms with Crippen LogP contribution in [0.4, 0.5) is 0 Å². The van der Waals surface area contributed by atoms with Crippen LogP contribution in [0.15, 0.2) is 48.5 Å². The summed E-state index contributed by atoms with van der Waals surface area (Å²) in [5.74, 6) is 0.216. The van der Waals surface area contributed by atoms with Crippen molar-refractivity contribution in [1.82, 2.24) is 10.6 Å². The second-order valence-corrected chi connectivity index (χ2v) is 8.60. The van der Waals surface area contributed by atoms with Crippen molar-refractivity contribution >= 4 is 11.8 Å². The monoisotopic (exact) mass is 412 g/mol. The molecule has 0 bridgehead atoms. The van der Waals surface area contributed by atoms with E-state index in [4.69, 9.17) is 9.47 Å². The van der Waals surface area contributed by atoms with Gasteiger partial charge in [0.1, 0.15) is 11.5 Å². The highest BCUT2D eigenvalue weighted by Crippen LogP contribution is 2.26. The molecular weight excluding hydrogens is 380 g/mol. The Morgan fingerprint density at radius 2 is 1.10 bits per heavy atom. The van der Waals surface area contributed by atoms with Gasteiger partial charge in [0, 0.05) is 23.9 Å². The van der Waals surface area contributed by atoms with E-state index in [0.29, 0.717) is 13.1 Å². The third-order valence-electron chi connectivity index (χ3n) is 5.29. The zero-order valence-corrected chi connectivity index (χ0v) is 18.7. The number of hydrogen-bond acceptors (Lipinski definition) is 4. The second kappa shape index (κ2) is 9.65. The van der Waals surface area contributed by atoms with Gasteiger partial charge in [-0.2, -0.15) is 0 Å². The molecular formula is C24H32N2O4. The molecule has 6 heteroatoms. The largest absolute Gasteiger partial charge is 0.497 e. The van der Waals surface area contributed by atoms with E-state index in [0.717, 1.165) is 22.6 Å². The molecule has 0 heterocycles. The Hall–Kier alpha value is -3.02. The van der Waals surface area contributed by atoms with E-state index >= 15 is 0 Å². The molecule has 2 aromatic carbocycles. The normalized spacial score (nSPS) is 11.5. The van der Waals surface area contributed by atoms with E-state index in [-0.39, 0.29) is 10.8 Å².